The van der Waals surface area contributed by atoms with Crippen molar-refractivity contribution in [2.24, 2.45) is 10.8 Å². The molecule has 5 aromatic rings. The Morgan fingerprint density at radius 3 is 2.15 bits per heavy atom. The lowest BCUT2D eigenvalue weighted by Gasteiger charge is -2.32. The van der Waals surface area contributed by atoms with Crippen molar-refractivity contribution in [1.82, 2.24) is 4.98 Å². The molecule has 1 aliphatic rings. The number of fused-ring (bicyclic) bond motifs is 1. The molecule has 0 aliphatic heterocycles. The number of hydrogen-bond donors (Lipinski definition) is 3. The fraction of sp³-hybridized carbons (Fsp3) is 0.404. The minimum atomic E-state index is -4.56. The third-order valence-electron chi connectivity index (χ3n) is 11.9. The van der Waals surface area contributed by atoms with Gasteiger partial charge < -0.3 is 18.7 Å². The zero-order valence-corrected chi connectivity index (χ0v) is 46.2. The van der Waals surface area contributed by atoms with Crippen LogP contribution in [0.15, 0.2) is 82.1 Å². The molecular formula is C52H61ClN6O12S3. The van der Waals surface area contributed by atoms with Crippen LogP contribution in [0.25, 0.3) is 22.7 Å². The fourth-order valence-corrected chi connectivity index (χ4v) is 11.1. The molecule has 18 nitrogen and oxygen atoms in total. The molecule has 4 aromatic carbocycles. The first-order valence-corrected chi connectivity index (χ1v) is 29.0. The molecule has 1 saturated carbocycles. The van der Waals surface area contributed by atoms with Crippen molar-refractivity contribution in [1.29, 1.82) is 5.26 Å². The van der Waals surface area contributed by atoms with Crippen LogP contribution in [-0.4, -0.2) is 72.7 Å². The van der Waals surface area contributed by atoms with Gasteiger partial charge in [0.15, 0.2) is 17.1 Å². The van der Waals surface area contributed by atoms with Gasteiger partial charge in [-0.05, 0) is 120 Å². The number of carbonyl (C=O) groups is 3. The highest BCUT2D eigenvalue weighted by Crippen LogP contribution is 2.39. The number of nitriles is 1. The van der Waals surface area contributed by atoms with Crippen molar-refractivity contribution < 1.29 is 53.0 Å². The molecule has 0 bridgehead atoms. The third kappa shape index (κ3) is 14.4. The average molecular weight is 1090 g/mol. The number of aromatic nitrogens is 1. The largest absolute Gasteiger partial charge is 0.435 e. The third-order valence-corrected chi connectivity index (χ3v) is 14.7. The van der Waals surface area contributed by atoms with E-state index in [0.717, 1.165) is 61.6 Å². The second-order valence-corrected chi connectivity index (χ2v) is 26.7. The van der Waals surface area contributed by atoms with Crippen LogP contribution < -0.4 is 23.8 Å². The number of carbonyl (C=O) groups excluding carboxylic acids is 3. The summed E-state index contributed by atoms with van der Waals surface area (Å²) < 4.78 is 96.1. The van der Waals surface area contributed by atoms with Gasteiger partial charge in [0.2, 0.25) is 22.0 Å². The highest BCUT2D eigenvalue weighted by atomic mass is 35.5. The Morgan fingerprint density at radius 1 is 0.878 bits per heavy atom. The summed E-state index contributed by atoms with van der Waals surface area (Å²) in [5.41, 5.74) is 2.13. The molecule has 1 heterocycles. The molecular weight excluding hydrogens is 1030 g/mol. The van der Waals surface area contributed by atoms with Gasteiger partial charge in [-0.15, -0.1) is 0 Å². The van der Waals surface area contributed by atoms with E-state index < -0.39 is 75.8 Å². The van der Waals surface area contributed by atoms with Gasteiger partial charge in [0, 0.05) is 17.1 Å². The Morgan fingerprint density at radius 2 is 1.55 bits per heavy atom. The Hall–Kier alpha value is -6.47. The molecule has 6 rings (SSSR count). The number of hydrogen-bond acceptors (Lipinski definition) is 14. The highest BCUT2D eigenvalue weighted by molar-refractivity contribution is 7.93. The lowest BCUT2D eigenvalue weighted by Crippen LogP contribution is -2.48. The van der Waals surface area contributed by atoms with Crippen LogP contribution in [0.5, 0.6) is 5.75 Å². The van der Waals surface area contributed by atoms with E-state index in [1.165, 1.54) is 17.0 Å². The van der Waals surface area contributed by atoms with Crippen molar-refractivity contribution in [3.63, 3.8) is 0 Å². The van der Waals surface area contributed by atoms with E-state index in [0.29, 0.717) is 40.8 Å². The van der Waals surface area contributed by atoms with Gasteiger partial charge >= 0.3 is 16.2 Å². The molecule has 0 radical (unpaired) electrons. The van der Waals surface area contributed by atoms with E-state index in [-0.39, 0.29) is 44.7 Å². The Bertz CT molecular complexity index is 3440. The normalized spacial score (nSPS) is 14.5. The summed E-state index contributed by atoms with van der Waals surface area (Å²) in [4.78, 5) is 48.3. The molecule has 22 heteroatoms. The predicted molar refractivity (Wildman–Crippen MR) is 287 cm³/mol. The molecule has 1 unspecified atom stereocenters. The molecule has 1 aromatic heterocycles. The van der Waals surface area contributed by atoms with Crippen molar-refractivity contribution >= 4 is 105 Å². The van der Waals surface area contributed by atoms with Gasteiger partial charge in [-0.2, -0.15) is 13.7 Å². The number of halogens is 1. The van der Waals surface area contributed by atoms with Crippen LogP contribution in [0, 0.1) is 29.1 Å². The maximum Gasteiger partial charge on any atom is 0.415 e. The van der Waals surface area contributed by atoms with Gasteiger partial charge in [-0.3, -0.25) is 23.9 Å². The monoisotopic (exact) mass is 1090 g/mol. The standard InChI is InChI=1S/C52H61ClN6O12S3/c1-31-24-37(19-16-32(31)25-33(29-54)48-56-41-26-34(17-22-43(41)69-48)52(8,9)30-50(2,3)4)59(36-14-12-13-15-36)49(62)70-45(46(60)51(5,6)7)47(61)55-40-27-35(18-21-39(40)53)57-74(67,68)38-20-23-44(71-73(11,65)66)42(28-38)58-72(10,63)64/h16-28,36,45,57-58H,12-15,30H2,1-11H3,(H,55,61). The molecule has 396 valence electrons. The molecule has 1 atom stereocenters. The van der Waals surface area contributed by atoms with Crippen molar-refractivity contribution in [3.8, 4) is 11.8 Å². The number of nitrogens with zero attached hydrogens (tertiary/aromatic N) is 3. The molecule has 0 spiro atoms. The number of benzene rings is 4. The van der Waals surface area contributed by atoms with E-state index >= 15 is 0 Å². The number of Topliss-reactive ketones (excluding diaryl/α,β-unsaturated/α-hetero) is 1. The van der Waals surface area contributed by atoms with Gasteiger partial charge in [0.25, 0.3) is 15.9 Å². The van der Waals surface area contributed by atoms with Crippen LogP contribution in [-0.2, 0) is 49.9 Å². The number of ketones is 1. The molecule has 2 amide bonds. The van der Waals surface area contributed by atoms with Crippen LogP contribution in [0.1, 0.15) is 110 Å². The summed E-state index contributed by atoms with van der Waals surface area (Å²) in [6.07, 6.45) is 3.93. The number of nitrogens with one attached hydrogen (secondary N) is 3. The first-order chi connectivity index (χ1) is 34.1. The minimum Gasteiger partial charge on any atom is -0.435 e. The van der Waals surface area contributed by atoms with Crippen molar-refractivity contribution in [2.75, 3.05) is 32.2 Å². The Kier molecular flexibility index (Phi) is 16.4. The highest BCUT2D eigenvalue weighted by Gasteiger charge is 2.41. The lowest BCUT2D eigenvalue weighted by atomic mass is 9.72. The predicted octanol–water partition coefficient (Wildman–Crippen LogP) is 10.6. The van der Waals surface area contributed by atoms with Gasteiger partial charge in [-0.1, -0.05) is 92.0 Å². The van der Waals surface area contributed by atoms with Crippen molar-refractivity contribution in [2.45, 2.75) is 117 Å². The number of rotatable bonds is 17. The second-order valence-electron chi connectivity index (χ2n) is 21.3. The van der Waals surface area contributed by atoms with E-state index in [1.54, 1.807) is 45.0 Å². The minimum absolute atomic E-state index is 0.0888. The summed E-state index contributed by atoms with van der Waals surface area (Å²) in [5, 5.41) is 12.7. The number of oxazole rings is 1. The molecule has 0 saturated heterocycles. The zero-order chi connectivity index (χ0) is 54.9. The maximum absolute atomic E-state index is 14.5. The van der Waals surface area contributed by atoms with Gasteiger partial charge in [0.05, 0.1) is 39.5 Å². The van der Waals surface area contributed by atoms with Crippen LogP contribution in [0.4, 0.5) is 27.5 Å². The number of anilines is 4. The smallest absolute Gasteiger partial charge is 0.415 e. The molecule has 74 heavy (non-hydrogen) atoms. The number of sulfonamides is 2. The number of ether oxygens (including phenoxy) is 1. The van der Waals surface area contributed by atoms with Crippen LogP contribution >= 0.6 is 11.6 Å². The van der Waals surface area contributed by atoms with Gasteiger partial charge in [0.1, 0.15) is 17.2 Å². The summed E-state index contributed by atoms with van der Waals surface area (Å²) in [6.45, 7) is 17.5. The summed E-state index contributed by atoms with van der Waals surface area (Å²) in [5.74, 6) is -2.18. The van der Waals surface area contributed by atoms with Crippen LogP contribution in [0.3, 0.4) is 0 Å². The fourth-order valence-electron chi connectivity index (χ4n) is 8.85. The number of aryl methyl sites for hydroxylation is 1. The summed E-state index contributed by atoms with van der Waals surface area (Å²) in [6, 6.07) is 19.4. The first-order valence-electron chi connectivity index (χ1n) is 23.5. The SMILES string of the molecule is Cc1cc(N(C(=O)OC(C(=O)Nc2cc(NS(=O)(=O)c3ccc(OS(C)(=O)=O)c(NS(C)(=O)=O)c3)ccc2Cl)C(=O)C(C)(C)C)C2CCCC2)ccc1C=C(C#N)c1nc2cc(C(C)(C)CC(C)(C)C)ccc2o1. The maximum atomic E-state index is 14.5. The second kappa shape index (κ2) is 21.4. The molecule has 3 N–H and O–H groups in total. The lowest BCUT2D eigenvalue weighted by molar-refractivity contribution is -0.142. The van der Waals surface area contributed by atoms with E-state index in [1.807, 2.05) is 29.8 Å². The average Bonchev–Trinajstić information content (AvgIpc) is 3.95. The van der Waals surface area contributed by atoms with E-state index in [4.69, 9.17) is 29.9 Å². The van der Waals surface area contributed by atoms with Gasteiger partial charge in [-0.25, -0.2) is 26.6 Å². The number of allylic oxidation sites excluding steroid dienone is 1. The first kappa shape index (κ1) is 56.8. The Labute approximate surface area is 438 Å². The topological polar surface area (TPSA) is 261 Å². The Balaban J connectivity index is 1.26. The molecule has 1 aliphatic carbocycles. The van der Waals surface area contributed by atoms with Crippen molar-refractivity contribution in [3.05, 3.63) is 100 Å². The van der Waals surface area contributed by atoms with E-state index in [9.17, 15) is 44.9 Å². The van der Waals surface area contributed by atoms with Crippen LogP contribution in [0.2, 0.25) is 5.02 Å². The van der Waals surface area contributed by atoms with E-state index in [2.05, 4.69) is 50.7 Å². The molecule has 1 fully saturated rings. The quantitative estimate of drug-likeness (QED) is 0.0444. The summed E-state index contributed by atoms with van der Waals surface area (Å²) in [7, 11) is -12.8. The number of amides is 2. The summed E-state index contributed by atoms with van der Waals surface area (Å²) >= 11 is 6.49. The zero-order valence-electron chi connectivity index (χ0n) is 43.0.